The van der Waals surface area contributed by atoms with Crippen LogP contribution in [0.25, 0.3) is 28.1 Å². The number of carboxylic acids is 2. The number of fused-ring (bicyclic) bond motifs is 4. The van der Waals surface area contributed by atoms with E-state index in [4.69, 9.17) is 33.1 Å². The minimum absolute atomic E-state index is 0.0811. The molecule has 0 saturated carbocycles. The molecule has 5 aromatic rings. The highest BCUT2D eigenvalue weighted by molar-refractivity contribution is 6.31. The van der Waals surface area contributed by atoms with Gasteiger partial charge < -0.3 is 15.5 Å². The molecule has 1 aliphatic heterocycles. The number of hydrogen-bond donors (Lipinski definition) is 3. The molecule has 0 fully saturated rings. The number of pyridine rings is 1. The normalized spacial score (nSPS) is 16.0. The molecule has 6 rings (SSSR count). The smallest absolute Gasteiger partial charge is 0.478 e. The van der Waals surface area contributed by atoms with E-state index in [0.29, 0.717) is 63.7 Å². The van der Waals surface area contributed by atoms with Gasteiger partial charge in [-0.1, -0.05) is 41.8 Å². The van der Waals surface area contributed by atoms with E-state index in [2.05, 4.69) is 25.6 Å². The van der Waals surface area contributed by atoms with Crippen LogP contribution in [0.3, 0.4) is 0 Å². The summed E-state index contributed by atoms with van der Waals surface area (Å²) < 4.78 is 34.7. The summed E-state index contributed by atoms with van der Waals surface area (Å²) in [6.45, 7) is 1.84. The molecule has 1 aliphatic rings. The van der Waals surface area contributed by atoms with Gasteiger partial charge in [-0.05, 0) is 66.9 Å². The topological polar surface area (TPSA) is 182 Å². The average molecular weight is 745 g/mol. The predicted octanol–water partition coefficient (Wildman–Crippen LogP) is 6.54. The van der Waals surface area contributed by atoms with Crippen molar-refractivity contribution in [2.24, 2.45) is 5.92 Å². The number of aliphatic carboxylic acids is 1. The molecule has 2 atom stereocenters. The lowest BCUT2D eigenvalue weighted by molar-refractivity contribution is -0.192. The zero-order chi connectivity index (χ0) is 37.0. The Bertz CT molecular complexity index is 2190. The molecular weight excluding hydrogens is 718 g/mol. The highest BCUT2D eigenvalue weighted by atomic mass is 35.5. The Morgan fingerprint density at radius 2 is 1.71 bits per heavy atom. The number of nitrogens with one attached hydrogen (secondary N) is 1. The number of carbonyl (C=O) groups is 3. The summed E-state index contributed by atoms with van der Waals surface area (Å²) in [7, 11) is 0. The number of carbonyl (C=O) groups excluding carboxylic acids is 1. The number of alkyl halides is 3. The Balaban J connectivity index is 0.000000654. The van der Waals surface area contributed by atoms with Crippen molar-refractivity contribution in [3.63, 3.8) is 0 Å². The van der Waals surface area contributed by atoms with E-state index in [0.717, 1.165) is 0 Å². The summed E-state index contributed by atoms with van der Waals surface area (Å²) in [5, 5.41) is 28.2. The van der Waals surface area contributed by atoms with Crippen LogP contribution < -0.4 is 10.9 Å². The van der Waals surface area contributed by atoms with Crippen LogP contribution in [0.4, 0.5) is 18.9 Å². The van der Waals surface area contributed by atoms with Gasteiger partial charge in [-0.3, -0.25) is 19.1 Å². The van der Waals surface area contributed by atoms with Crippen molar-refractivity contribution in [3.8, 4) is 28.1 Å². The first-order chi connectivity index (χ1) is 24.1. The number of hydrogen-bond acceptors (Lipinski definition) is 8. The first kappa shape index (κ1) is 36.7. The minimum Gasteiger partial charge on any atom is -0.478 e. The number of anilines is 1. The van der Waals surface area contributed by atoms with Gasteiger partial charge in [0.25, 0.3) is 5.56 Å². The van der Waals surface area contributed by atoms with Gasteiger partial charge in [0, 0.05) is 40.0 Å². The molecule has 3 N–H and O–H groups in total. The van der Waals surface area contributed by atoms with Crippen LogP contribution in [0.15, 0.2) is 78.1 Å². The third kappa shape index (κ3) is 8.59. The zero-order valence-corrected chi connectivity index (χ0v) is 27.8. The molecule has 264 valence electrons. The maximum atomic E-state index is 13.7. The van der Waals surface area contributed by atoms with Gasteiger partial charge in [0.15, 0.2) is 5.15 Å². The molecule has 18 heteroatoms. The molecule has 2 aromatic carbocycles. The number of aromatic carboxylic acids is 1. The van der Waals surface area contributed by atoms with Crippen LogP contribution in [-0.2, 0) is 9.59 Å². The van der Waals surface area contributed by atoms with Crippen LogP contribution in [0, 0.1) is 5.92 Å². The second-order valence-corrected chi connectivity index (χ2v) is 12.2. The van der Waals surface area contributed by atoms with Gasteiger partial charge in [-0.25, -0.2) is 19.3 Å². The molecule has 2 bridgehead atoms. The Morgan fingerprint density at radius 1 is 0.961 bits per heavy atom. The van der Waals surface area contributed by atoms with Gasteiger partial charge in [-0.2, -0.15) is 13.2 Å². The van der Waals surface area contributed by atoms with Crippen molar-refractivity contribution >= 4 is 46.7 Å². The van der Waals surface area contributed by atoms with E-state index in [-0.39, 0.29) is 28.1 Å². The van der Waals surface area contributed by atoms with Gasteiger partial charge in [-0.15, -0.1) is 5.10 Å². The summed E-state index contributed by atoms with van der Waals surface area (Å²) in [5.41, 5.74) is 3.58. The highest BCUT2D eigenvalue weighted by Gasteiger charge is 2.38. The summed E-state index contributed by atoms with van der Waals surface area (Å²) in [6.07, 6.45) is 1.26. The van der Waals surface area contributed by atoms with Gasteiger partial charge in [0.05, 0.1) is 41.2 Å². The standard InChI is InChI=1S/C31H25Cl2N7O4.C2HF3O2/c1-17-3-2-4-27(25-12-18(9-10-34-25)21-11-19(31(43)44)5-7-23(21)36-30(17)42)39-16-35-24(14-29(39)41)22-13-20(32)6-8-26(22)40-15-28(33)37-38-40;3-2(4,5)1(6)7/h5-17,27H,2-4H2,1H3,(H,36,42)(H,43,44);(H,6,7)/t17-,27+;/m1./s1. The molecule has 0 unspecified atom stereocenters. The van der Waals surface area contributed by atoms with Crippen molar-refractivity contribution in [1.82, 2.24) is 29.5 Å². The fraction of sp³-hybridized carbons (Fsp3) is 0.212. The molecule has 13 nitrogen and oxygen atoms in total. The average Bonchev–Trinajstić information content (AvgIpc) is 3.52. The first-order valence-electron chi connectivity index (χ1n) is 15.0. The lowest BCUT2D eigenvalue weighted by Crippen LogP contribution is -2.27. The van der Waals surface area contributed by atoms with E-state index >= 15 is 0 Å². The number of halogens is 5. The molecular formula is C33H26Cl2F3N7O6. The molecule has 0 saturated heterocycles. The zero-order valence-electron chi connectivity index (χ0n) is 26.3. The van der Waals surface area contributed by atoms with E-state index in [1.807, 2.05) is 13.0 Å². The first-order valence-corrected chi connectivity index (χ1v) is 15.8. The molecule has 3 aromatic heterocycles. The van der Waals surface area contributed by atoms with Crippen molar-refractivity contribution in [2.45, 2.75) is 38.4 Å². The minimum atomic E-state index is -5.08. The van der Waals surface area contributed by atoms with Gasteiger partial charge in [0.2, 0.25) is 5.91 Å². The number of nitrogens with zero attached hydrogens (tertiary/aromatic N) is 6. The number of aromatic nitrogens is 6. The SMILES string of the molecule is C[C@@H]1CCC[C@H](n2cnc(-c3cc(Cl)ccc3-n3cc(Cl)nn3)cc2=O)c2cc(ccn2)-c2cc(C(=O)O)ccc2NC1=O.O=C(O)C(F)(F)F. The second-order valence-electron chi connectivity index (χ2n) is 11.3. The molecule has 1 amide bonds. The lowest BCUT2D eigenvalue weighted by atomic mass is 9.94. The predicted molar refractivity (Wildman–Crippen MR) is 179 cm³/mol. The highest BCUT2D eigenvalue weighted by Crippen LogP contribution is 2.34. The molecule has 0 spiro atoms. The third-order valence-corrected chi connectivity index (χ3v) is 8.29. The maximum Gasteiger partial charge on any atom is 0.490 e. The number of amides is 1. The van der Waals surface area contributed by atoms with Crippen LogP contribution in [0.2, 0.25) is 10.2 Å². The lowest BCUT2D eigenvalue weighted by Gasteiger charge is -2.23. The third-order valence-electron chi connectivity index (χ3n) is 7.88. The van der Waals surface area contributed by atoms with Crippen molar-refractivity contribution in [3.05, 3.63) is 105 Å². The largest absolute Gasteiger partial charge is 0.490 e. The fourth-order valence-corrected chi connectivity index (χ4v) is 5.62. The number of benzene rings is 2. The van der Waals surface area contributed by atoms with E-state index in [1.54, 1.807) is 36.5 Å². The second kappa shape index (κ2) is 15.1. The number of rotatable bonds is 4. The van der Waals surface area contributed by atoms with Crippen LogP contribution >= 0.6 is 23.2 Å². The monoisotopic (exact) mass is 743 g/mol. The van der Waals surface area contributed by atoms with Gasteiger partial charge in [0.1, 0.15) is 0 Å². The van der Waals surface area contributed by atoms with Crippen LogP contribution in [0.1, 0.15) is 48.3 Å². The van der Waals surface area contributed by atoms with E-state index in [1.165, 1.54) is 40.0 Å². The maximum absolute atomic E-state index is 13.7. The molecule has 51 heavy (non-hydrogen) atoms. The quantitative estimate of drug-likeness (QED) is 0.183. The Morgan fingerprint density at radius 3 is 2.35 bits per heavy atom. The molecule has 0 radical (unpaired) electrons. The summed E-state index contributed by atoms with van der Waals surface area (Å²) in [6, 6.07) is 14.2. The summed E-state index contributed by atoms with van der Waals surface area (Å²) in [4.78, 5) is 56.7. The van der Waals surface area contributed by atoms with Crippen molar-refractivity contribution in [2.75, 3.05) is 5.32 Å². The Kier molecular flexibility index (Phi) is 10.9. The Hall–Kier alpha value is -5.61. The fourth-order valence-electron chi connectivity index (χ4n) is 5.32. The summed E-state index contributed by atoms with van der Waals surface area (Å²) >= 11 is 12.3. The van der Waals surface area contributed by atoms with E-state index < -0.39 is 24.2 Å². The Labute approximate surface area is 296 Å². The van der Waals surface area contributed by atoms with Crippen LogP contribution in [0.5, 0.6) is 0 Å². The number of carboxylic acid groups (broad SMARTS) is 2. The van der Waals surface area contributed by atoms with Crippen molar-refractivity contribution in [1.29, 1.82) is 0 Å². The van der Waals surface area contributed by atoms with Crippen molar-refractivity contribution < 1.29 is 37.8 Å². The summed E-state index contributed by atoms with van der Waals surface area (Å²) in [5.74, 6) is -4.34. The van der Waals surface area contributed by atoms with E-state index in [9.17, 15) is 32.7 Å². The van der Waals surface area contributed by atoms with Crippen LogP contribution in [-0.4, -0.2) is 63.8 Å². The molecule has 0 aliphatic carbocycles. The molecule has 4 heterocycles. The van der Waals surface area contributed by atoms with Gasteiger partial charge >= 0.3 is 18.1 Å².